The van der Waals surface area contributed by atoms with Gasteiger partial charge in [0.15, 0.2) is 5.75 Å². The number of alkyl halides is 2. The van der Waals surface area contributed by atoms with Crippen LogP contribution in [0.3, 0.4) is 0 Å². The van der Waals surface area contributed by atoms with Crippen molar-refractivity contribution < 1.29 is 26.3 Å². The van der Waals surface area contributed by atoms with E-state index < -0.39 is 28.2 Å². The SMILES string of the molecule is Cc1ccc(S(=O)(=O)Nc2ccc(F)cc2OC(F)F)cc1N1CCN(N)CC1. The first-order chi connectivity index (χ1) is 13.7. The van der Waals surface area contributed by atoms with Gasteiger partial charge in [-0.1, -0.05) is 6.07 Å². The number of hydrazine groups is 1. The molecule has 7 nitrogen and oxygen atoms in total. The highest BCUT2D eigenvalue weighted by Gasteiger charge is 2.22. The number of aryl methyl sites for hydroxylation is 1. The van der Waals surface area contributed by atoms with Gasteiger partial charge in [0.2, 0.25) is 0 Å². The van der Waals surface area contributed by atoms with Crippen molar-refractivity contribution in [1.29, 1.82) is 0 Å². The molecule has 1 heterocycles. The van der Waals surface area contributed by atoms with E-state index in [0.717, 1.165) is 23.4 Å². The molecule has 0 aromatic heterocycles. The van der Waals surface area contributed by atoms with E-state index in [-0.39, 0.29) is 10.6 Å². The minimum Gasteiger partial charge on any atom is -0.432 e. The zero-order chi connectivity index (χ0) is 21.2. The number of piperazine rings is 1. The molecule has 3 N–H and O–H groups in total. The Bertz CT molecular complexity index is 980. The molecule has 0 radical (unpaired) electrons. The lowest BCUT2D eigenvalue weighted by Gasteiger charge is -2.34. The molecule has 11 heteroatoms. The second-order valence-electron chi connectivity index (χ2n) is 6.60. The molecule has 2 aromatic carbocycles. The maximum absolute atomic E-state index is 13.4. The molecule has 158 valence electrons. The summed E-state index contributed by atoms with van der Waals surface area (Å²) in [4.78, 5) is 1.97. The molecule has 1 aliphatic heterocycles. The lowest BCUT2D eigenvalue weighted by Crippen LogP contribution is -2.49. The molecule has 0 aliphatic carbocycles. The molecule has 3 rings (SSSR count). The predicted molar refractivity (Wildman–Crippen MR) is 103 cm³/mol. The lowest BCUT2D eigenvalue weighted by molar-refractivity contribution is -0.0494. The van der Waals surface area contributed by atoms with E-state index in [1.165, 1.54) is 12.1 Å². The zero-order valence-corrected chi connectivity index (χ0v) is 16.4. The van der Waals surface area contributed by atoms with E-state index in [0.29, 0.717) is 32.2 Å². The molecule has 2 aromatic rings. The fourth-order valence-corrected chi connectivity index (χ4v) is 4.13. The van der Waals surface area contributed by atoms with Gasteiger partial charge in [-0.05, 0) is 36.8 Å². The second kappa shape index (κ2) is 8.47. The monoisotopic (exact) mass is 430 g/mol. The van der Waals surface area contributed by atoms with Crippen LogP contribution in [0, 0.1) is 12.7 Å². The van der Waals surface area contributed by atoms with E-state index in [4.69, 9.17) is 5.84 Å². The largest absolute Gasteiger partial charge is 0.432 e. The molecule has 0 atom stereocenters. The smallest absolute Gasteiger partial charge is 0.387 e. The summed E-state index contributed by atoms with van der Waals surface area (Å²) in [6.07, 6.45) is 0. The Morgan fingerprint density at radius 1 is 1.10 bits per heavy atom. The second-order valence-corrected chi connectivity index (χ2v) is 8.28. The van der Waals surface area contributed by atoms with E-state index in [9.17, 15) is 21.6 Å². The number of nitrogens with two attached hydrogens (primary N) is 1. The summed E-state index contributed by atoms with van der Waals surface area (Å²) < 4.78 is 70.6. The summed E-state index contributed by atoms with van der Waals surface area (Å²) in [6, 6.07) is 7.26. The summed E-state index contributed by atoms with van der Waals surface area (Å²) in [5, 5.41) is 1.69. The Morgan fingerprint density at radius 3 is 2.45 bits per heavy atom. The average Bonchev–Trinajstić information content (AvgIpc) is 2.64. The van der Waals surface area contributed by atoms with Crippen LogP contribution >= 0.6 is 0 Å². The molecule has 0 spiro atoms. The highest BCUT2D eigenvalue weighted by atomic mass is 32.2. The third-order valence-corrected chi connectivity index (χ3v) is 5.91. The first-order valence-corrected chi connectivity index (χ1v) is 10.3. The number of nitrogens with one attached hydrogen (secondary N) is 1. The minimum atomic E-state index is -4.13. The van der Waals surface area contributed by atoms with Crippen molar-refractivity contribution in [3.63, 3.8) is 0 Å². The summed E-state index contributed by atoms with van der Waals surface area (Å²) in [5.74, 6) is 4.33. The summed E-state index contributed by atoms with van der Waals surface area (Å²) in [6.45, 7) is 1.18. The van der Waals surface area contributed by atoms with Gasteiger partial charge in [-0.2, -0.15) is 8.78 Å². The van der Waals surface area contributed by atoms with Crippen LogP contribution in [0.25, 0.3) is 0 Å². The van der Waals surface area contributed by atoms with Gasteiger partial charge in [0.25, 0.3) is 10.0 Å². The van der Waals surface area contributed by atoms with E-state index in [2.05, 4.69) is 9.46 Å². The molecule has 1 saturated heterocycles. The predicted octanol–water partition coefficient (Wildman–Crippen LogP) is 2.53. The summed E-state index contributed by atoms with van der Waals surface area (Å²) >= 11 is 0. The van der Waals surface area contributed by atoms with Gasteiger partial charge in [0.1, 0.15) is 5.82 Å². The molecule has 1 fully saturated rings. The van der Waals surface area contributed by atoms with Crippen LogP contribution in [-0.2, 0) is 10.0 Å². The van der Waals surface area contributed by atoms with Crippen molar-refractivity contribution in [2.75, 3.05) is 35.8 Å². The highest BCUT2D eigenvalue weighted by Crippen LogP contribution is 2.31. The van der Waals surface area contributed by atoms with Crippen LogP contribution in [0.1, 0.15) is 5.56 Å². The maximum Gasteiger partial charge on any atom is 0.387 e. The number of nitrogens with zero attached hydrogens (tertiary/aromatic N) is 2. The number of rotatable bonds is 6. The topological polar surface area (TPSA) is 87.9 Å². The van der Waals surface area contributed by atoms with E-state index in [1.54, 1.807) is 11.1 Å². The van der Waals surface area contributed by atoms with Crippen LogP contribution in [-0.4, -0.2) is 46.2 Å². The van der Waals surface area contributed by atoms with Gasteiger partial charge in [-0.3, -0.25) is 10.6 Å². The third kappa shape index (κ3) is 5.11. The number of hydrogen-bond acceptors (Lipinski definition) is 6. The third-order valence-electron chi connectivity index (χ3n) is 4.55. The molecular weight excluding hydrogens is 409 g/mol. The van der Waals surface area contributed by atoms with Gasteiger partial charge in [-0.25, -0.2) is 17.8 Å². The first kappa shape index (κ1) is 21.2. The van der Waals surface area contributed by atoms with E-state index in [1.807, 2.05) is 11.8 Å². The zero-order valence-electron chi connectivity index (χ0n) is 15.6. The number of hydrogen-bond donors (Lipinski definition) is 2. The number of sulfonamides is 1. The summed E-state index contributed by atoms with van der Waals surface area (Å²) in [5.41, 5.74) is 1.34. The van der Waals surface area contributed by atoms with Crippen molar-refractivity contribution >= 4 is 21.4 Å². The number of anilines is 2. The molecule has 0 unspecified atom stereocenters. The quantitative estimate of drug-likeness (QED) is 0.685. The molecule has 1 aliphatic rings. The highest BCUT2D eigenvalue weighted by molar-refractivity contribution is 7.92. The van der Waals surface area contributed by atoms with Crippen LogP contribution in [0.5, 0.6) is 5.75 Å². The molecule has 0 bridgehead atoms. The van der Waals surface area contributed by atoms with Gasteiger partial charge >= 0.3 is 6.61 Å². The van der Waals surface area contributed by atoms with E-state index >= 15 is 0 Å². The Morgan fingerprint density at radius 2 is 1.79 bits per heavy atom. The standard InChI is InChI=1S/C18H21F3N4O3S/c1-12-2-4-14(11-16(12)24-6-8-25(22)9-7-24)29(26,27)23-15-5-3-13(19)10-17(15)28-18(20)21/h2-5,10-11,18,23H,6-9,22H2,1H3. The summed E-state index contributed by atoms with van der Waals surface area (Å²) in [7, 11) is -4.13. The van der Waals surface area contributed by atoms with Crippen LogP contribution in [0.2, 0.25) is 0 Å². The van der Waals surface area contributed by atoms with Gasteiger partial charge in [0.05, 0.1) is 10.6 Å². The molecular formula is C18H21F3N4O3S. The van der Waals surface area contributed by atoms with Gasteiger partial charge in [-0.15, -0.1) is 0 Å². The minimum absolute atomic E-state index is 0.0550. The van der Waals surface area contributed by atoms with Crippen molar-refractivity contribution in [3.05, 3.63) is 47.8 Å². The van der Waals surface area contributed by atoms with Gasteiger partial charge in [0, 0.05) is 37.9 Å². The van der Waals surface area contributed by atoms with Crippen LogP contribution in [0.4, 0.5) is 24.5 Å². The Balaban J connectivity index is 1.90. The van der Waals surface area contributed by atoms with Gasteiger partial charge < -0.3 is 9.64 Å². The first-order valence-electron chi connectivity index (χ1n) is 8.78. The fraction of sp³-hybridized carbons (Fsp3) is 0.333. The molecule has 0 amide bonds. The normalized spacial score (nSPS) is 15.6. The van der Waals surface area contributed by atoms with Crippen LogP contribution < -0.4 is 20.2 Å². The molecule has 0 saturated carbocycles. The molecule has 29 heavy (non-hydrogen) atoms. The van der Waals surface area contributed by atoms with Crippen LogP contribution in [0.15, 0.2) is 41.3 Å². The van der Waals surface area contributed by atoms with Crippen molar-refractivity contribution in [2.45, 2.75) is 18.4 Å². The lowest BCUT2D eigenvalue weighted by atomic mass is 10.1. The fourth-order valence-electron chi connectivity index (χ4n) is 3.04. The Kier molecular flexibility index (Phi) is 6.20. The number of halogens is 3. The number of benzene rings is 2. The maximum atomic E-state index is 13.4. The number of ether oxygens (including phenoxy) is 1. The van der Waals surface area contributed by atoms with Crippen molar-refractivity contribution in [1.82, 2.24) is 5.01 Å². The van der Waals surface area contributed by atoms with Crippen molar-refractivity contribution in [3.8, 4) is 5.75 Å². The Labute approximate surface area is 166 Å². The Hall–Kier alpha value is -2.50. The average molecular weight is 430 g/mol. The van der Waals surface area contributed by atoms with Crippen molar-refractivity contribution in [2.24, 2.45) is 5.84 Å².